The van der Waals surface area contributed by atoms with Crippen LogP contribution in [0, 0.1) is 6.92 Å². The van der Waals surface area contributed by atoms with Crippen molar-refractivity contribution >= 4 is 17.6 Å². The Morgan fingerprint density at radius 2 is 1.80 bits per heavy atom. The topological polar surface area (TPSA) is 62.5 Å². The SMILES string of the molecule is Cc1ccc(C(=O)N(CC(=O)O)c2ccccc2)n1C. The Morgan fingerprint density at radius 3 is 2.30 bits per heavy atom. The van der Waals surface area contributed by atoms with Crippen LogP contribution in [-0.2, 0) is 11.8 Å². The van der Waals surface area contributed by atoms with Gasteiger partial charge in [0.1, 0.15) is 12.2 Å². The molecule has 0 fully saturated rings. The van der Waals surface area contributed by atoms with Gasteiger partial charge >= 0.3 is 5.97 Å². The van der Waals surface area contributed by atoms with Crippen LogP contribution in [-0.4, -0.2) is 28.1 Å². The predicted molar refractivity (Wildman–Crippen MR) is 75.9 cm³/mol. The van der Waals surface area contributed by atoms with Crippen LogP contribution in [0.5, 0.6) is 0 Å². The van der Waals surface area contributed by atoms with Crippen LogP contribution in [0.3, 0.4) is 0 Å². The Labute approximate surface area is 117 Å². The van der Waals surface area contributed by atoms with Crippen LogP contribution in [0.2, 0.25) is 0 Å². The Bertz CT molecular complexity index is 632. The van der Waals surface area contributed by atoms with E-state index in [9.17, 15) is 9.59 Å². The zero-order chi connectivity index (χ0) is 14.7. The largest absolute Gasteiger partial charge is 0.480 e. The number of hydrogen-bond acceptors (Lipinski definition) is 2. The van der Waals surface area contributed by atoms with Crippen LogP contribution in [0.25, 0.3) is 0 Å². The first-order valence-electron chi connectivity index (χ1n) is 6.21. The van der Waals surface area contributed by atoms with Crippen LogP contribution in [0.4, 0.5) is 5.69 Å². The highest BCUT2D eigenvalue weighted by Gasteiger charge is 2.22. The van der Waals surface area contributed by atoms with Gasteiger partial charge < -0.3 is 9.67 Å². The van der Waals surface area contributed by atoms with Crippen molar-refractivity contribution < 1.29 is 14.7 Å². The van der Waals surface area contributed by atoms with Gasteiger partial charge in [-0.1, -0.05) is 18.2 Å². The molecule has 2 aromatic rings. The number of anilines is 1. The third-order valence-electron chi connectivity index (χ3n) is 3.20. The van der Waals surface area contributed by atoms with Crippen molar-refractivity contribution in [2.24, 2.45) is 7.05 Å². The van der Waals surface area contributed by atoms with Gasteiger partial charge in [0.05, 0.1) is 0 Å². The fourth-order valence-corrected chi connectivity index (χ4v) is 1.99. The molecule has 5 heteroatoms. The number of rotatable bonds is 4. The second kappa shape index (κ2) is 5.61. The van der Waals surface area contributed by atoms with Gasteiger partial charge in [0.25, 0.3) is 5.91 Å². The van der Waals surface area contributed by atoms with Gasteiger partial charge in [-0.15, -0.1) is 0 Å². The second-order valence-electron chi connectivity index (χ2n) is 4.54. The Balaban J connectivity index is 2.39. The molecule has 2 rings (SSSR count). The Kier molecular flexibility index (Phi) is 3.89. The van der Waals surface area contributed by atoms with E-state index in [1.165, 1.54) is 4.90 Å². The number of carbonyl (C=O) groups excluding carboxylic acids is 1. The molecule has 0 atom stereocenters. The molecule has 5 nitrogen and oxygen atoms in total. The molecular formula is C15H16N2O3. The fourth-order valence-electron chi connectivity index (χ4n) is 1.99. The molecule has 0 bridgehead atoms. The van der Waals surface area contributed by atoms with Crippen LogP contribution in [0.1, 0.15) is 16.2 Å². The van der Waals surface area contributed by atoms with E-state index < -0.39 is 5.97 Å². The third kappa shape index (κ3) is 2.71. The quantitative estimate of drug-likeness (QED) is 0.926. The summed E-state index contributed by atoms with van der Waals surface area (Å²) in [5.74, 6) is -1.37. The number of benzene rings is 1. The molecule has 0 saturated carbocycles. The number of amides is 1. The van der Waals surface area contributed by atoms with E-state index in [0.29, 0.717) is 11.4 Å². The first-order valence-corrected chi connectivity index (χ1v) is 6.21. The maximum absolute atomic E-state index is 12.6. The van der Waals surface area contributed by atoms with Crippen molar-refractivity contribution in [3.8, 4) is 0 Å². The zero-order valence-electron chi connectivity index (χ0n) is 11.4. The maximum atomic E-state index is 12.6. The van der Waals surface area contributed by atoms with E-state index in [4.69, 9.17) is 5.11 Å². The van der Waals surface area contributed by atoms with Gasteiger partial charge in [0.15, 0.2) is 0 Å². The molecule has 0 unspecified atom stereocenters. The van der Waals surface area contributed by atoms with Crippen molar-refractivity contribution in [2.75, 3.05) is 11.4 Å². The Morgan fingerprint density at radius 1 is 1.15 bits per heavy atom. The summed E-state index contributed by atoms with van der Waals surface area (Å²) in [5.41, 5.74) is 1.98. The summed E-state index contributed by atoms with van der Waals surface area (Å²) in [4.78, 5) is 24.8. The number of carbonyl (C=O) groups is 2. The first kappa shape index (κ1) is 13.9. The lowest BCUT2D eigenvalue weighted by atomic mass is 10.2. The van der Waals surface area contributed by atoms with E-state index in [2.05, 4.69) is 0 Å². The minimum Gasteiger partial charge on any atom is -0.480 e. The molecule has 1 aromatic heterocycles. The Hall–Kier alpha value is -2.56. The highest BCUT2D eigenvalue weighted by molar-refractivity contribution is 6.07. The lowest BCUT2D eigenvalue weighted by Crippen LogP contribution is -2.36. The molecule has 20 heavy (non-hydrogen) atoms. The summed E-state index contributed by atoms with van der Waals surface area (Å²) >= 11 is 0. The molecule has 0 radical (unpaired) electrons. The number of carboxylic acids is 1. The van der Waals surface area contributed by atoms with Crippen molar-refractivity contribution in [3.63, 3.8) is 0 Å². The van der Waals surface area contributed by atoms with Crippen molar-refractivity contribution in [2.45, 2.75) is 6.92 Å². The number of carboxylic acid groups (broad SMARTS) is 1. The summed E-state index contributed by atoms with van der Waals surface area (Å²) in [5, 5.41) is 9.01. The standard InChI is InChI=1S/C15H16N2O3/c1-11-8-9-13(16(11)2)15(20)17(10-14(18)19)12-6-4-3-5-7-12/h3-9H,10H2,1-2H3,(H,18,19). The van der Waals surface area contributed by atoms with E-state index in [1.54, 1.807) is 41.9 Å². The molecule has 0 aliphatic carbocycles. The summed E-state index contributed by atoms with van der Waals surface area (Å²) in [6, 6.07) is 12.3. The molecule has 0 aliphatic heterocycles. The normalized spacial score (nSPS) is 10.3. The number of nitrogens with zero attached hydrogens (tertiary/aromatic N) is 2. The van der Waals surface area contributed by atoms with Crippen LogP contribution in [0.15, 0.2) is 42.5 Å². The van der Waals surface area contributed by atoms with Crippen molar-refractivity contribution in [1.82, 2.24) is 4.57 Å². The number of hydrogen-bond donors (Lipinski definition) is 1. The fraction of sp³-hybridized carbons (Fsp3) is 0.200. The number of aromatic nitrogens is 1. The first-order chi connectivity index (χ1) is 9.50. The van der Waals surface area contributed by atoms with Crippen molar-refractivity contribution in [3.05, 3.63) is 53.9 Å². The van der Waals surface area contributed by atoms with Gasteiger partial charge in [-0.3, -0.25) is 14.5 Å². The lowest BCUT2D eigenvalue weighted by molar-refractivity contribution is -0.135. The lowest BCUT2D eigenvalue weighted by Gasteiger charge is -2.21. The molecule has 0 aliphatic rings. The number of para-hydroxylation sites is 1. The molecule has 0 saturated heterocycles. The molecule has 1 N–H and O–H groups in total. The number of aliphatic carboxylic acids is 1. The molecule has 104 valence electrons. The number of aryl methyl sites for hydroxylation is 1. The van der Waals surface area contributed by atoms with Crippen molar-refractivity contribution in [1.29, 1.82) is 0 Å². The van der Waals surface area contributed by atoms with Gasteiger partial charge in [-0.2, -0.15) is 0 Å². The summed E-state index contributed by atoms with van der Waals surface area (Å²) in [7, 11) is 1.78. The van der Waals surface area contributed by atoms with E-state index in [0.717, 1.165) is 5.69 Å². The van der Waals surface area contributed by atoms with Gasteiger partial charge in [-0.05, 0) is 31.2 Å². The third-order valence-corrected chi connectivity index (χ3v) is 3.20. The highest BCUT2D eigenvalue weighted by atomic mass is 16.4. The average Bonchev–Trinajstić information content (AvgIpc) is 2.76. The average molecular weight is 272 g/mol. The van der Waals surface area contributed by atoms with E-state index >= 15 is 0 Å². The smallest absolute Gasteiger partial charge is 0.323 e. The maximum Gasteiger partial charge on any atom is 0.323 e. The highest BCUT2D eigenvalue weighted by Crippen LogP contribution is 2.17. The summed E-state index contributed by atoms with van der Waals surface area (Å²) in [6.07, 6.45) is 0. The predicted octanol–water partition coefficient (Wildman–Crippen LogP) is 2.06. The summed E-state index contributed by atoms with van der Waals surface area (Å²) < 4.78 is 1.75. The monoisotopic (exact) mass is 272 g/mol. The van der Waals surface area contributed by atoms with E-state index in [1.807, 2.05) is 19.1 Å². The second-order valence-corrected chi connectivity index (χ2v) is 4.54. The van der Waals surface area contributed by atoms with Crippen LogP contribution >= 0.6 is 0 Å². The molecule has 1 heterocycles. The van der Waals surface area contributed by atoms with Crippen LogP contribution < -0.4 is 4.90 Å². The minimum absolute atomic E-state index is 0.325. The van der Waals surface area contributed by atoms with Gasteiger partial charge in [-0.25, -0.2) is 0 Å². The van der Waals surface area contributed by atoms with E-state index in [-0.39, 0.29) is 12.5 Å². The summed E-state index contributed by atoms with van der Waals surface area (Å²) in [6.45, 7) is 1.52. The van der Waals surface area contributed by atoms with Gasteiger partial charge in [0.2, 0.25) is 0 Å². The molecule has 1 aromatic carbocycles. The zero-order valence-corrected chi connectivity index (χ0v) is 11.4. The molecule has 0 spiro atoms. The molecular weight excluding hydrogens is 256 g/mol. The van der Waals surface area contributed by atoms with Gasteiger partial charge in [0, 0.05) is 18.4 Å². The minimum atomic E-state index is -1.05. The molecule has 1 amide bonds.